The number of rotatable bonds is 5. The van der Waals surface area contributed by atoms with Gasteiger partial charge in [0.2, 0.25) is 0 Å². The number of halogens is 1. The highest BCUT2D eigenvalue weighted by Crippen LogP contribution is 2.14. The summed E-state index contributed by atoms with van der Waals surface area (Å²) < 4.78 is 18.2. The highest BCUT2D eigenvalue weighted by Gasteiger charge is 2.12. The highest BCUT2D eigenvalue weighted by molar-refractivity contribution is 7.80. The predicted molar refractivity (Wildman–Crippen MR) is 63.5 cm³/mol. The van der Waals surface area contributed by atoms with Crippen LogP contribution in [-0.2, 0) is 4.74 Å². The number of hydrogen-bond donors (Lipinski definition) is 1. The van der Waals surface area contributed by atoms with Crippen LogP contribution in [0, 0.1) is 5.82 Å². The minimum absolute atomic E-state index is 0.0519. The van der Waals surface area contributed by atoms with Gasteiger partial charge in [-0.15, -0.1) is 12.6 Å². The first-order valence-electron chi connectivity index (χ1n) is 5.30. The van der Waals surface area contributed by atoms with Crippen molar-refractivity contribution in [2.45, 2.75) is 31.1 Å². The van der Waals surface area contributed by atoms with Crippen LogP contribution in [-0.4, -0.2) is 12.6 Å². The van der Waals surface area contributed by atoms with Crippen LogP contribution in [0.5, 0.6) is 0 Å². The van der Waals surface area contributed by atoms with Crippen molar-refractivity contribution < 1.29 is 13.9 Å². The molecule has 0 heterocycles. The first kappa shape index (κ1) is 13.0. The first-order valence-corrected chi connectivity index (χ1v) is 5.75. The fourth-order valence-corrected chi connectivity index (χ4v) is 1.47. The van der Waals surface area contributed by atoms with Gasteiger partial charge in [0, 0.05) is 4.90 Å². The maximum absolute atomic E-state index is 13.3. The summed E-state index contributed by atoms with van der Waals surface area (Å²) in [6.07, 6.45) is 2.87. The molecule has 0 saturated carbocycles. The molecule has 0 radical (unpaired) electrons. The lowest BCUT2D eigenvalue weighted by Gasteiger charge is -2.05. The number of carbonyl (C=O) groups excluding carboxylic acids is 1. The van der Waals surface area contributed by atoms with Crippen LogP contribution in [0.1, 0.15) is 36.5 Å². The van der Waals surface area contributed by atoms with Crippen LogP contribution in [0.15, 0.2) is 23.1 Å². The van der Waals surface area contributed by atoms with Gasteiger partial charge in [-0.05, 0) is 24.6 Å². The Labute approximate surface area is 100 Å². The number of esters is 1. The molecule has 4 heteroatoms. The maximum Gasteiger partial charge on any atom is 0.341 e. The summed E-state index contributed by atoms with van der Waals surface area (Å²) in [5.74, 6) is -1.19. The topological polar surface area (TPSA) is 26.3 Å². The number of unbranched alkanes of at least 4 members (excludes halogenated alkanes) is 2. The molecule has 0 aliphatic heterocycles. The molecule has 16 heavy (non-hydrogen) atoms. The smallest absolute Gasteiger partial charge is 0.341 e. The van der Waals surface area contributed by atoms with E-state index in [4.69, 9.17) is 4.74 Å². The van der Waals surface area contributed by atoms with Crippen LogP contribution < -0.4 is 0 Å². The monoisotopic (exact) mass is 242 g/mol. The Balaban J connectivity index is 2.55. The molecule has 0 amide bonds. The Bertz CT molecular complexity index is 366. The van der Waals surface area contributed by atoms with Crippen molar-refractivity contribution in [2.75, 3.05) is 6.61 Å². The predicted octanol–water partition coefficient (Wildman–Crippen LogP) is 3.46. The normalized spacial score (nSPS) is 10.2. The van der Waals surface area contributed by atoms with Gasteiger partial charge in [0.05, 0.1) is 12.2 Å². The fraction of sp³-hybridized carbons (Fsp3) is 0.417. The van der Waals surface area contributed by atoms with Gasteiger partial charge in [-0.1, -0.05) is 19.8 Å². The minimum Gasteiger partial charge on any atom is -0.462 e. The molecule has 2 nitrogen and oxygen atoms in total. The average molecular weight is 242 g/mol. The Morgan fingerprint density at radius 2 is 2.19 bits per heavy atom. The van der Waals surface area contributed by atoms with Crippen LogP contribution in [0.25, 0.3) is 0 Å². The third-order valence-electron chi connectivity index (χ3n) is 2.15. The molecular formula is C12H15FO2S. The second-order valence-electron chi connectivity index (χ2n) is 3.51. The Kier molecular flexibility index (Phi) is 5.32. The molecule has 0 spiro atoms. The van der Waals surface area contributed by atoms with Crippen LogP contribution >= 0.6 is 12.6 Å². The third-order valence-corrected chi connectivity index (χ3v) is 2.43. The van der Waals surface area contributed by atoms with Crippen LogP contribution in [0.3, 0.4) is 0 Å². The Morgan fingerprint density at radius 3 is 2.88 bits per heavy atom. The first-order chi connectivity index (χ1) is 7.65. The summed E-state index contributed by atoms with van der Waals surface area (Å²) in [5.41, 5.74) is -0.0519. The van der Waals surface area contributed by atoms with Crippen LogP contribution in [0.2, 0.25) is 0 Å². The van der Waals surface area contributed by atoms with E-state index in [1.165, 1.54) is 18.2 Å². The second-order valence-corrected chi connectivity index (χ2v) is 4.02. The van der Waals surface area contributed by atoms with Crippen molar-refractivity contribution in [1.82, 2.24) is 0 Å². The summed E-state index contributed by atoms with van der Waals surface area (Å²) in [6.45, 7) is 2.40. The van der Waals surface area contributed by atoms with E-state index in [1.54, 1.807) is 0 Å². The van der Waals surface area contributed by atoms with E-state index in [9.17, 15) is 9.18 Å². The maximum atomic E-state index is 13.3. The molecule has 1 rings (SSSR count). The largest absolute Gasteiger partial charge is 0.462 e. The lowest BCUT2D eigenvalue weighted by molar-refractivity contribution is 0.0492. The third kappa shape index (κ3) is 3.85. The molecule has 0 aliphatic rings. The number of thiol groups is 1. The molecule has 0 fully saturated rings. The summed E-state index contributed by atoms with van der Waals surface area (Å²) in [7, 11) is 0. The molecule has 1 aromatic rings. The number of benzene rings is 1. The summed E-state index contributed by atoms with van der Waals surface area (Å²) in [4.78, 5) is 12.0. The zero-order chi connectivity index (χ0) is 12.0. The van der Waals surface area contributed by atoms with Gasteiger partial charge in [0.25, 0.3) is 0 Å². The lowest BCUT2D eigenvalue weighted by Crippen LogP contribution is -2.08. The molecule has 88 valence electrons. The Morgan fingerprint density at radius 1 is 1.44 bits per heavy atom. The average Bonchev–Trinajstić information content (AvgIpc) is 2.27. The van der Waals surface area contributed by atoms with Crippen LogP contribution in [0.4, 0.5) is 4.39 Å². The SMILES string of the molecule is CCCCCOC(=O)c1cc(S)ccc1F. The van der Waals surface area contributed by atoms with E-state index in [0.717, 1.165) is 19.3 Å². The van der Waals surface area contributed by atoms with Crippen molar-refractivity contribution >= 4 is 18.6 Å². The molecule has 0 aliphatic carbocycles. The standard InChI is InChI=1S/C12H15FO2S/c1-2-3-4-7-15-12(14)10-8-9(16)5-6-11(10)13/h5-6,8,16H,2-4,7H2,1H3. The summed E-state index contributed by atoms with van der Waals surface area (Å²) in [6, 6.07) is 4.08. The van der Waals surface area contributed by atoms with E-state index >= 15 is 0 Å². The summed E-state index contributed by atoms with van der Waals surface area (Å²) >= 11 is 4.05. The number of carbonyl (C=O) groups is 1. The van der Waals surface area contributed by atoms with E-state index in [2.05, 4.69) is 19.6 Å². The second kappa shape index (κ2) is 6.53. The Hall–Kier alpha value is -1.03. The molecule has 1 aromatic carbocycles. The molecule has 0 bridgehead atoms. The van der Waals surface area contributed by atoms with Gasteiger partial charge < -0.3 is 4.74 Å². The van der Waals surface area contributed by atoms with Crippen molar-refractivity contribution in [1.29, 1.82) is 0 Å². The van der Waals surface area contributed by atoms with E-state index in [1.807, 2.05) is 0 Å². The summed E-state index contributed by atoms with van der Waals surface area (Å²) in [5, 5.41) is 0. The molecule has 0 N–H and O–H groups in total. The van der Waals surface area contributed by atoms with Gasteiger partial charge in [0.15, 0.2) is 0 Å². The molecular weight excluding hydrogens is 227 g/mol. The van der Waals surface area contributed by atoms with Gasteiger partial charge in [-0.2, -0.15) is 0 Å². The number of hydrogen-bond acceptors (Lipinski definition) is 3. The zero-order valence-electron chi connectivity index (χ0n) is 9.20. The molecule has 0 aromatic heterocycles. The van der Waals surface area contributed by atoms with Crippen molar-refractivity contribution in [3.05, 3.63) is 29.6 Å². The molecule has 0 saturated heterocycles. The van der Waals surface area contributed by atoms with E-state index in [0.29, 0.717) is 11.5 Å². The molecule has 0 atom stereocenters. The lowest BCUT2D eigenvalue weighted by atomic mass is 10.2. The van der Waals surface area contributed by atoms with Gasteiger partial charge in [-0.3, -0.25) is 0 Å². The van der Waals surface area contributed by atoms with Gasteiger partial charge >= 0.3 is 5.97 Å². The van der Waals surface area contributed by atoms with Crippen molar-refractivity contribution in [2.24, 2.45) is 0 Å². The minimum atomic E-state index is -0.621. The quantitative estimate of drug-likeness (QED) is 0.486. The van der Waals surface area contributed by atoms with Gasteiger partial charge in [0.1, 0.15) is 5.82 Å². The van der Waals surface area contributed by atoms with Crippen molar-refractivity contribution in [3.63, 3.8) is 0 Å². The highest BCUT2D eigenvalue weighted by atomic mass is 32.1. The zero-order valence-corrected chi connectivity index (χ0v) is 10.1. The number of ether oxygens (including phenoxy) is 1. The van der Waals surface area contributed by atoms with E-state index in [-0.39, 0.29) is 5.56 Å². The van der Waals surface area contributed by atoms with E-state index < -0.39 is 11.8 Å². The fourth-order valence-electron chi connectivity index (χ4n) is 1.26. The van der Waals surface area contributed by atoms with Crippen molar-refractivity contribution in [3.8, 4) is 0 Å². The molecule has 0 unspecified atom stereocenters. The van der Waals surface area contributed by atoms with Gasteiger partial charge in [-0.25, -0.2) is 9.18 Å².